The van der Waals surface area contributed by atoms with Gasteiger partial charge in [-0.2, -0.15) is 0 Å². The van der Waals surface area contributed by atoms with Crippen LogP contribution in [-0.2, 0) is 24.1 Å². The maximum Gasteiger partial charge on any atom is 0.169 e. The number of rotatable bonds is 9. The topological polar surface area (TPSA) is 143 Å². The number of hydrogen-bond donors (Lipinski definition) is 7. The number of phenolic OH excluding ortho intramolecular Hbond substituents is 5. The Hall–Kier alpha value is -4.24. The van der Waals surface area contributed by atoms with E-state index in [4.69, 9.17) is 4.74 Å². The number of phenols is 5. The standard InChI is InChI=1S/C42H49NO7/c44-26-30-5-4-21-41(19-1-2-20-41)42(30)24-31(18-22-50-42)43-25-29-10-8-27(9-11-29)12-16-34-32(15-13-28-14-17-35(45)37(47)23-28)33-6-3-7-36(46)38(33)40(49)39(34)48/h3,6-11,13-15,17,23,30-31,43-49H,1-2,4-5,12,16,18-22,24-26H2/b15-13+/t30-,31+,42+/m1/s1. The lowest BCUT2D eigenvalue weighted by molar-refractivity contribution is -0.223. The molecule has 7 rings (SSSR count). The number of ether oxygens (including phenoxy) is 1. The summed E-state index contributed by atoms with van der Waals surface area (Å²) in [6.07, 6.45) is 14.9. The highest BCUT2D eigenvalue weighted by Gasteiger charge is 2.60. The average molecular weight is 680 g/mol. The number of aromatic hydroxyl groups is 5. The van der Waals surface area contributed by atoms with Crippen LogP contribution in [0.1, 0.15) is 85.6 Å². The lowest BCUT2D eigenvalue weighted by atomic mass is 9.55. The van der Waals surface area contributed by atoms with Crippen molar-refractivity contribution in [2.24, 2.45) is 11.3 Å². The van der Waals surface area contributed by atoms with Gasteiger partial charge >= 0.3 is 0 Å². The third kappa shape index (κ3) is 6.29. The van der Waals surface area contributed by atoms with E-state index in [9.17, 15) is 30.6 Å². The smallest absolute Gasteiger partial charge is 0.169 e. The van der Waals surface area contributed by atoms with Crippen LogP contribution < -0.4 is 5.32 Å². The maximum atomic E-state index is 11.2. The average Bonchev–Trinajstić information content (AvgIpc) is 3.61. The van der Waals surface area contributed by atoms with E-state index in [1.54, 1.807) is 30.4 Å². The van der Waals surface area contributed by atoms with Gasteiger partial charge in [0.15, 0.2) is 23.0 Å². The van der Waals surface area contributed by atoms with Crippen molar-refractivity contribution in [3.8, 4) is 28.7 Å². The summed E-state index contributed by atoms with van der Waals surface area (Å²) in [5, 5.41) is 67.4. The maximum absolute atomic E-state index is 11.2. The van der Waals surface area contributed by atoms with Gasteiger partial charge < -0.3 is 40.7 Å². The fourth-order valence-electron chi connectivity index (χ4n) is 9.45. The summed E-state index contributed by atoms with van der Waals surface area (Å²) >= 11 is 0. The molecule has 2 spiro atoms. The second-order valence-electron chi connectivity index (χ2n) is 14.8. The van der Waals surface area contributed by atoms with Crippen LogP contribution in [0.2, 0.25) is 0 Å². The lowest BCUT2D eigenvalue weighted by Gasteiger charge is -2.59. The van der Waals surface area contributed by atoms with Crippen LogP contribution in [0.4, 0.5) is 0 Å². The van der Waals surface area contributed by atoms with Crippen molar-refractivity contribution in [3.63, 3.8) is 0 Å². The first-order valence-corrected chi connectivity index (χ1v) is 18.2. The Labute approximate surface area is 293 Å². The van der Waals surface area contributed by atoms with Crippen LogP contribution in [0.15, 0.2) is 60.7 Å². The van der Waals surface area contributed by atoms with Gasteiger partial charge in [0, 0.05) is 37.3 Å². The Bertz CT molecular complexity index is 1860. The van der Waals surface area contributed by atoms with Crippen molar-refractivity contribution in [2.45, 2.75) is 88.8 Å². The van der Waals surface area contributed by atoms with Gasteiger partial charge in [0.05, 0.1) is 11.0 Å². The molecule has 1 heterocycles. The highest BCUT2D eigenvalue weighted by atomic mass is 16.5. The van der Waals surface area contributed by atoms with Crippen LogP contribution in [0.3, 0.4) is 0 Å². The van der Waals surface area contributed by atoms with Gasteiger partial charge in [-0.25, -0.2) is 0 Å². The molecule has 0 amide bonds. The molecule has 8 nitrogen and oxygen atoms in total. The van der Waals surface area contributed by atoms with E-state index in [2.05, 4.69) is 29.6 Å². The minimum Gasteiger partial charge on any atom is -0.507 e. The zero-order valence-corrected chi connectivity index (χ0v) is 28.6. The molecule has 8 heteroatoms. The number of aliphatic hydroxyl groups is 1. The SMILES string of the molecule is OC[C@H]1CCCC2(CCCC2)[C@]12C[C@@H](NCc1ccc(CCc3c(O)c(O)c4c(O)cccc4c3/C=C/c3ccc(O)c(O)c3)cc1)CCO2. The predicted molar refractivity (Wildman–Crippen MR) is 195 cm³/mol. The van der Waals surface area contributed by atoms with E-state index in [-0.39, 0.29) is 57.7 Å². The Morgan fingerprint density at radius 1 is 0.760 bits per heavy atom. The number of aryl methyl sites for hydroxylation is 1. The molecule has 7 N–H and O–H groups in total. The van der Waals surface area contributed by atoms with E-state index in [1.807, 2.05) is 0 Å². The molecule has 0 bridgehead atoms. The lowest BCUT2D eigenvalue weighted by Crippen LogP contribution is -2.62. The Balaban J connectivity index is 1.06. The number of aliphatic hydroxyl groups excluding tert-OH is 1. The van der Waals surface area contributed by atoms with Crippen molar-refractivity contribution in [1.82, 2.24) is 5.32 Å². The first kappa shape index (κ1) is 34.2. The minimum absolute atomic E-state index is 0.135. The van der Waals surface area contributed by atoms with Gasteiger partial charge in [0.25, 0.3) is 0 Å². The highest BCUT2D eigenvalue weighted by molar-refractivity contribution is 6.03. The van der Waals surface area contributed by atoms with Crippen molar-refractivity contribution >= 4 is 22.9 Å². The van der Waals surface area contributed by atoms with Crippen molar-refractivity contribution in [2.75, 3.05) is 13.2 Å². The summed E-state index contributed by atoms with van der Waals surface area (Å²) < 4.78 is 6.74. The molecular formula is C42H49NO7. The molecule has 3 atom stereocenters. The van der Waals surface area contributed by atoms with Gasteiger partial charge in [-0.1, -0.05) is 73.9 Å². The molecule has 4 aromatic carbocycles. The third-order valence-corrected chi connectivity index (χ3v) is 12.0. The molecule has 0 unspecified atom stereocenters. The Morgan fingerprint density at radius 3 is 2.28 bits per heavy atom. The van der Waals surface area contributed by atoms with Crippen LogP contribution in [0, 0.1) is 11.3 Å². The normalized spacial score (nSPS) is 23.4. The van der Waals surface area contributed by atoms with E-state index in [0.717, 1.165) is 38.0 Å². The van der Waals surface area contributed by atoms with Crippen LogP contribution in [0.25, 0.3) is 22.9 Å². The molecule has 50 heavy (non-hydrogen) atoms. The number of hydrogen-bond acceptors (Lipinski definition) is 8. The van der Waals surface area contributed by atoms with Gasteiger partial charge in [-0.05, 0) is 103 Å². The van der Waals surface area contributed by atoms with Gasteiger partial charge in [-0.3, -0.25) is 0 Å². The first-order valence-electron chi connectivity index (χ1n) is 18.2. The molecule has 2 saturated carbocycles. The fourth-order valence-corrected chi connectivity index (χ4v) is 9.45. The first-order chi connectivity index (χ1) is 24.2. The zero-order chi connectivity index (χ0) is 34.9. The van der Waals surface area contributed by atoms with Crippen LogP contribution in [-0.4, -0.2) is 55.5 Å². The van der Waals surface area contributed by atoms with E-state index in [1.165, 1.54) is 62.3 Å². The molecule has 3 aliphatic rings. The third-order valence-electron chi connectivity index (χ3n) is 12.0. The number of nitrogens with one attached hydrogen (secondary N) is 1. The van der Waals surface area contributed by atoms with Crippen molar-refractivity contribution in [3.05, 3.63) is 88.5 Å². The summed E-state index contributed by atoms with van der Waals surface area (Å²) in [7, 11) is 0. The largest absolute Gasteiger partial charge is 0.507 e. The second-order valence-corrected chi connectivity index (χ2v) is 14.8. The summed E-state index contributed by atoms with van der Waals surface area (Å²) in [4.78, 5) is 0. The van der Waals surface area contributed by atoms with Crippen LogP contribution >= 0.6 is 0 Å². The monoisotopic (exact) mass is 679 g/mol. The Morgan fingerprint density at radius 2 is 1.52 bits per heavy atom. The molecule has 0 radical (unpaired) electrons. The molecule has 4 aromatic rings. The predicted octanol–water partition coefficient (Wildman–Crippen LogP) is 7.68. The van der Waals surface area contributed by atoms with Crippen molar-refractivity contribution < 1.29 is 35.4 Å². The highest BCUT2D eigenvalue weighted by Crippen LogP contribution is 2.61. The molecular weight excluding hydrogens is 630 g/mol. The molecule has 0 aromatic heterocycles. The van der Waals surface area contributed by atoms with E-state index in [0.29, 0.717) is 41.0 Å². The second kappa shape index (κ2) is 14.2. The molecule has 2 aliphatic carbocycles. The molecule has 264 valence electrons. The van der Waals surface area contributed by atoms with Crippen molar-refractivity contribution in [1.29, 1.82) is 0 Å². The molecule has 1 saturated heterocycles. The summed E-state index contributed by atoms with van der Waals surface area (Å²) in [6.45, 7) is 1.69. The summed E-state index contributed by atoms with van der Waals surface area (Å²) in [5.74, 6) is -1.01. The number of benzene rings is 4. The summed E-state index contributed by atoms with van der Waals surface area (Å²) in [6, 6.07) is 18.3. The fraction of sp³-hybridized carbons (Fsp3) is 0.429. The molecule has 1 aliphatic heterocycles. The quantitative estimate of drug-likeness (QED) is 0.0706. The van der Waals surface area contributed by atoms with E-state index >= 15 is 0 Å². The minimum atomic E-state index is -0.360. The van der Waals surface area contributed by atoms with Gasteiger partial charge in [0.1, 0.15) is 5.75 Å². The summed E-state index contributed by atoms with van der Waals surface area (Å²) in [5.41, 5.74) is 4.09. The number of fused-ring (bicyclic) bond motifs is 2. The van der Waals surface area contributed by atoms with E-state index < -0.39 is 0 Å². The van der Waals surface area contributed by atoms with Gasteiger partial charge in [0.2, 0.25) is 0 Å². The Kier molecular flexibility index (Phi) is 9.70. The molecule has 3 fully saturated rings. The van der Waals surface area contributed by atoms with Gasteiger partial charge in [-0.15, -0.1) is 0 Å². The zero-order valence-electron chi connectivity index (χ0n) is 28.6. The van der Waals surface area contributed by atoms with Crippen LogP contribution in [0.5, 0.6) is 28.7 Å².